The van der Waals surface area contributed by atoms with Gasteiger partial charge in [-0.3, -0.25) is 9.48 Å². The highest BCUT2D eigenvalue weighted by molar-refractivity contribution is 5.69. The van der Waals surface area contributed by atoms with E-state index in [0.29, 0.717) is 6.42 Å². The second-order valence-corrected chi connectivity index (χ2v) is 3.08. The summed E-state index contributed by atoms with van der Waals surface area (Å²) in [5.41, 5.74) is 0.984. The molecule has 4 nitrogen and oxygen atoms in total. The van der Waals surface area contributed by atoms with E-state index in [1.165, 1.54) is 0 Å². The number of carboxylic acid groups (broad SMARTS) is 1. The van der Waals surface area contributed by atoms with Crippen molar-refractivity contribution in [3.05, 3.63) is 18.0 Å². The largest absolute Gasteiger partial charge is 0.481 e. The lowest BCUT2D eigenvalue weighted by Crippen LogP contribution is -2.15. The summed E-state index contributed by atoms with van der Waals surface area (Å²) in [6, 6.07) is 1.86. The number of hydrogen-bond donors (Lipinski definition) is 1. The number of hydrogen-bond acceptors (Lipinski definition) is 2. The standard InChI is InChI=1S/C9H14N2O2/c1-3-11-8(4-5-10-11)6-7(2)9(12)13/h4-5,7H,3,6H2,1-2H3,(H,12,13). The zero-order chi connectivity index (χ0) is 9.84. The number of aromatic nitrogens is 2. The van der Waals surface area contributed by atoms with E-state index in [1.54, 1.807) is 13.1 Å². The first-order chi connectivity index (χ1) is 6.15. The molecule has 72 valence electrons. The van der Waals surface area contributed by atoms with Crippen LogP contribution in [0.1, 0.15) is 19.5 Å². The van der Waals surface area contributed by atoms with Gasteiger partial charge in [0.05, 0.1) is 5.92 Å². The quantitative estimate of drug-likeness (QED) is 0.760. The molecule has 1 heterocycles. The molecular formula is C9H14N2O2. The maximum absolute atomic E-state index is 10.6. The number of aryl methyl sites for hydroxylation is 1. The SMILES string of the molecule is CCn1nccc1CC(C)C(=O)O. The Morgan fingerprint density at radius 2 is 2.46 bits per heavy atom. The van der Waals surface area contributed by atoms with Gasteiger partial charge in [0.25, 0.3) is 0 Å². The minimum atomic E-state index is -0.760. The lowest BCUT2D eigenvalue weighted by atomic mass is 10.1. The Morgan fingerprint density at radius 1 is 1.77 bits per heavy atom. The van der Waals surface area contributed by atoms with Crippen LogP contribution in [0.5, 0.6) is 0 Å². The van der Waals surface area contributed by atoms with Crippen molar-refractivity contribution in [1.82, 2.24) is 9.78 Å². The zero-order valence-corrected chi connectivity index (χ0v) is 7.90. The third-order valence-electron chi connectivity index (χ3n) is 2.04. The summed E-state index contributed by atoms with van der Waals surface area (Å²) in [4.78, 5) is 10.6. The van der Waals surface area contributed by atoms with Crippen LogP contribution >= 0.6 is 0 Å². The summed E-state index contributed by atoms with van der Waals surface area (Å²) in [5, 5.41) is 12.8. The van der Waals surface area contributed by atoms with Gasteiger partial charge in [0.2, 0.25) is 0 Å². The Hall–Kier alpha value is -1.32. The first-order valence-electron chi connectivity index (χ1n) is 4.38. The lowest BCUT2D eigenvalue weighted by Gasteiger charge is -2.07. The molecule has 1 aromatic rings. The molecule has 0 aliphatic heterocycles. The van der Waals surface area contributed by atoms with E-state index in [9.17, 15) is 4.79 Å². The summed E-state index contributed by atoms with van der Waals surface area (Å²) >= 11 is 0. The number of nitrogens with zero attached hydrogens (tertiary/aromatic N) is 2. The fourth-order valence-electron chi connectivity index (χ4n) is 1.22. The van der Waals surface area contributed by atoms with Crippen molar-refractivity contribution in [2.45, 2.75) is 26.8 Å². The van der Waals surface area contributed by atoms with E-state index in [4.69, 9.17) is 5.11 Å². The summed E-state index contributed by atoms with van der Waals surface area (Å²) in [7, 11) is 0. The second kappa shape index (κ2) is 4.07. The highest BCUT2D eigenvalue weighted by Gasteiger charge is 2.13. The molecule has 0 aliphatic carbocycles. The van der Waals surface area contributed by atoms with Crippen molar-refractivity contribution < 1.29 is 9.90 Å². The molecule has 0 aliphatic rings. The Bertz CT molecular complexity index is 294. The van der Waals surface area contributed by atoms with Gasteiger partial charge in [0, 0.05) is 24.9 Å². The van der Waals surface area contributed by atoms with Crippen molar-refractivity contribution in [2.75, 3.05) is 0 Å². The first-order valence-corrected chi connectivity index (χ1v) is 4.38. The van der Waals surface area contributed by atoms with Crippen LogP contribution in [0.2, 0.25) is 0 Å². The van der Waals surface area contributed by atoms with E-state index < -0.39 is 5.97 Å². The van der Waals surface area contributed by atoms with Gasteiger partial charge < -0.3 is 5.11 Å². The third kappa shape index (κ3) is 2.31. The molecular weight excluding hydrogens is 168 g/mol. The third-order valence-corrected chi connectivity index (χ3v) is 2.04. The van der Waals surface area contributed by atoms with Gasteiger partial charge in [-0.15, -0.1) is 0 Å². The van der Waals surface area contributed by atoms with Crippen LogP contribution in [0.3, 0.4) is 0 Å². The van der Waals surface area contributed by atoms with Crippen LogP contribution in [-0.4, -0.2) is 20.9 Å². The van der Waals surface area contributed by atoms with Crippen LogP contribution in [-0.2, 0) is 17.8 Å². The Morgan fingerprint density at radius 3 is 3.00 bits per heavy atom. The van der Waals surface area contributed by atoms with Crippen molar-refractivity contribution in [2.24, 2.45) is 5.92 Å². The highest BCUT2D eigenvalue weighted by atomic mass is 16.4. The topological polar surface area (TPSA) is 55.1 Å². The number of aliphatic carboxylic acids is 1. The maximum atomic E-state index is 10.6. The van der Waals surface area contributed by atoms with Gasteiger partial charge in [-0.1, -0.05) is 6.92 Å². The second-order valence-electron chi connectivity index (χ2n) is 3.08. The molecule has 1 N–H and O–H groups in total. The molecule has 13 heavy (non-hydrogen) atoms. The van der Waals surface area contributed by atoms with Crippen molar-refractivity contribution in [3.63, 3.8) is 0 Å². The molecule has 0 radical (unpaired) electrons. The molecule has 0 saturated heterocycles. The van der Waals surface area contributed by atoms with E-state index in [2.05, 4.69) is 5.10 Å². The average Bonchev–Trinajstić information content (AvgIpc) is 2.51. The average molecular weight is 182 g/mol. The molecule has 1 atom stereocenters. The van der Waals surface area contributed by atoms with Crippen LogP contribution in [0.15, 0.2) is 12.3 Å². The van der Waals surface area contributed by atoms with E-state index in [-0.39, 0.29) is 5.92 Å². The van der Waals surface area contributed by atoms with Gasteiger partial charge in [0.15, 0.2) is 0 Å². The molecule has 0 bridgehead atoms. The van der Waals surface area contributed by atoms with Crippen LogP contribution in [0.25, 0.3) is 0 Å². The number of carbonyl (C=O) groups is 1. The van der Waals surface area contributed by atoms with E-state index in [0.717, 1.165) is 12.2 Å². The van der Waals surface area contributed by atoms with Gasteiger partial charge in [-0.25, -0.2) is 0 Å². The van der Waals surface area contributed by atoms with Crippen LogP contribution in [0.4, 0.5) is 0 Å². The molecule has 1 unspecified atom stereocenters. The molecule has 0 spiro atoms. The highest BCUT2D eigenvalue weighted by Crippen LogP contribution is 2.07. The molecule has 0 fully saturated rings. The maximum Gasteiger partial charge on any atom is 0.306 e. The Labute approximate surface area is 77.2 Å². The minimum absolute atomic E-state index is 0.345. The summed E-state index contributed by atoms with van der Waals surface area (Å²) < 4.78 is 1.82. The summed E-state index contributed by atoms with van der Waals surface area (Å²) in [6.07, 6.45) is 2.25. The predicted molar refractivity (Wildman–Crippen MR) is 48.4 cm³/mol. The molecule has 1 rings (SSSR count). The summed E-state index contributed by atoms with van der Waals surface area (Å²) in [5.74, 6) is -1.11. The van der Waals surface area contributed by atoms with Gasteiger partial charge in [-0.05, 0) is 13.0 Å². The molecule has 0 saturated carbocycles. The molecule has 1 aromatic heterocycles. The Balaban J connectivity index is 2.68. The summed E-state index contributed by atoms with van der Waals surface area (Å²) in [6.45, 7) is 4.48. The van der Waals surface area contributed by atoms with Crippen molar-refractivity contribution >= 4 is 5.97 Å². The smallest absolute Gasteiger partial charge is 0.306 e. The Kier molecular flexibility index (Phi) is 3.06. The number of carboxylic acids is 1. The monoisotopic (exact) mass is 182 g/mol. The van der Waals surface area contributed by atoms with Gasteiger partial charge in [0.1, 0.15) is 0 Å². The van der Waals surface area contributed by atoms with Crippen LogP contribution < -0.4 is 0 Å². The minimum Gasteiger partial charge on any atom is -0.481 e. The normalized spacial score (nSPS) is 12.8. The lowest BCUT2D eigenvalue weighted by molar-refractivity contribution is -0.141. The van der Waals surface area contributed by atoms with E-state index in [1.807, 2.05) is 17.7 Å². The van der Waals surface area contributed by atoms with Crippen molar-refractivity contribution in [1.29, 1.82) is 0 Å². The zero-order valence-electron chi connectivity index (χ0n) is 7.90. The van der Waals surface area contributed by atoms with Gasteiger partial charge >= 0.3 is 5.97 Å². The van der Waals surface area contributed by atoms with Crippen LogP contribution in [0, 0.1) is 5.92 Å². The number of rotatable bonds is 4. The first kappa shape index (κ1) is 9.77. The van der Waals surface area contributed by atoms with Crippen molar-refractivity contribution in [3.8, 4) is 0 Å². The fourth-order valence-corrected chi connectivity index (χ4v) is 1.22. The molecule has 4 heteroatoms. The fraction of sp³-hybridized carbons (Fsp3) is 0.556. The predicted octanol–water partition coefficient (Wildman–Crippen LogP) is 1.17. The molecule has 0 amide bonds. The van der Waals surface area contributed by atoms with E-state index >= 15 is 0 Å². The molecule has 0 aromatic carbocycles. The van der Waals surface area contributed by atoms with Gasteiger partial charge in [-0.2, -0.15) is 5.10 Å².